The summed E-state index contributed by atoms with van der Waals surface area (Å²) in [6.45, 7) is 3.46. The predicted molar refractivity (Wildman–Crippen MR) is 130 cm³/mol. The normalized spacial score (nSPS) is 15.8. The molecule has 1 aliphatic heterocycles. The number of anilines is 1. The summed E-state index contributed by atoms with van der Waals surface area (Å²) in [6, 6.07) is 20.6. The highest BCUT2D eigenvalue weighted by Gasteiger charge is 2.36. The SMILES string of the molecule is COc1cccc(C2NC(=O)N(c3ccc(C)c(F)c3)C(C)=C2c2nc(-c3ccccc3)no2)c1. The number of aromatic nitrogens is 2. The molecule has 0 saturated carbocycles. The molecule has 8 heteroatoms. The second-order valence-corrected chi connectivity index (χ2v) is 8.22. The van der Waals surface area contributed by atoms with Crippen LogP contribution >= 0.6 is 0 Å². The lowest BCUT2D eigenvalue weighted by molar-refractivity contribution is 0.244. The molecule has 0 bridgehead atoms. The molecule has 176 valence electrons. The molecule has 1 N–H and O–H groups in total. The van der Waals surface area contributed by atoms with Gasteiger partial charge in [-0.1, -0.05) is 53.7 Å². The Labute approximate surface area is 201 Å². The van der Waals surface area contributed by atoms with Gasteiger partial charge >= 0.3 is 6.03 Å². The number of methoxy groups -OCH3 is 1. The van der Waals surface area contributed by atoms with E-state index in [4.69, 9.17) is 9.26 Å². The second-order valence-electron chi connectivity index (χ2n) is 8.22. The quantitative estimate of drug-likeness (QED) is 0.393. The van der Waals surface area contributed by atoms with Crippen LogP contribution in [0.1, 0.15) is 30.0 Å². The van der Waals surface area contributed by atoms with Crippen LogP contribution in [0.4, 0.5) is 14.9 Å². The number of carbonyl (C=O) groups excluding carboxylic acids is 1. The van der Waals surface area contributed by atoms with Crippen molar-refractivity contribution in [3.05, 3.63) is 101 Å². The van der Waals surface area contributed by atoms with E-state index in [0.717, 1.165) is 11.1 Å². The third-order valence-electron chi connectivity index (χ3n) is 6.01. The standard InChI is InChI=1S/C27H23FN4O3/c1-16-12-13-20(15-22(16)28)32-17(2)23(26-30-25(31-35-26)18-8-5-4-6-9-18)24(29-27(32)33)19-10-7-11-21(14-19)34-3/h4-15,24H,1-3H3,(H,29,33). The number of rotatable bonds is 5. The van der Waals surface area contributed by atoms with Gasteiger partial charge in [-0.15, -0.1) is 0 Å². The number of allylic oxidation sites excluding steroid dienone is 1. The minimum atomic E-state index is -0.590. The molecule has 2 amide bonds. The maximum atomic E-state index is 14.4. The molecule has 5 rings (SSSR count). The van der Waals surface area contributed by atoms with Crippen LogP contribution in [0.3, 0.4) is 0 Å². The zero-order chi connectivity index (χ0) is 24.5. The number of benzene rings is 3. The van der Waals surface area contributed by atoms with E-state index >= 15 is 0 Å². The van der Waals surface area contributed by atoms with E-state index in [9.17, 15) is 9.18 Å². The zero-order valence-electron chi connectivity index (χ0n) is 19.4. The van der Waals surface area contributed by atoms with Gasteiger partial charge in [-0.25, -0.2) is 9.18 Å². The monoisotopic (exact) mass is 470 g/mol. The van der Waals surface area contributed by atoms with Crippen molar-refractivity contribution < 1.29 is 18.4 Å². The molecule has 4 aromatic rings. The number of carbonyl (C=O) groups is 1. The molecule has 0 radical (unpaired) electrons. The van der Waals surface area contributed by atoms with Gasteiger partial charge < -0.3 is 14.6 Å². The highest BCUT2D eigenvalue weighted by molar-refractivity contribution is 6.01. The number of nitrogens with one attached hydrogen (secondary N) is 1. The van der Waals surface area contributed by atoms with Crippen molar-refractivity contribution in [2.24, 2.45) is 0 Å². The Morgan fingerprint density at radius 1 is 1.03 bits per heavy atom. The number of amides is 2. The highest BCUT2D eigenvalue weighted by atomic mass is 19.1. The molecule has 1 aliphatic rings. The number of halogens is 1. The molecule has 3 aromatic carbocycles. The molecule has 0 aliphatic carbocycles. The Hall–Kier alpha value is -4.46. The van der Waals surface area contributed by atoms with Crippen molar-refractivity contribution in [3.63, 3.8) is 0 Å². The number of hydrogen-bond donors (Lipinski definition) is 1. The van der Waals surface area contributed by atoms with Gasteiger partial charge in [0.1, 0.15) is 11.6 Å². The molecular weight excluding hydrogens is 447 g/mol. The van der Waals surface area contributed by atoms with Crippen molar-refractivity contribution in [1.82, 2.24) is 15.5 Å². The van der Waals surface area contributed by atoms with Crippen LogP contribution in [-0.4, -0.2) is 23.3 Å². The van der Waals surface area contributed by atoms with Crippen LogP contribution in [0.15, 0.2) is 83.0 Å². The minimum absolute atomic E-state index is 0.256. The van der Waals surface area contributed by atoms with Gasteiger partial charge in [0, 0.05) is 11.3 Å². The average molecular weight is 471 g/mol. The van der Waals surface area contributed by atoms with Gasteiger partial charge in [0.25, 0.3) is 5.89 Å². The fourth-order valence-electron chi connectivity index (χ4n) is 4.16. The summed E-state index contributed by atoms with van der Waals surface area (Å²) in [4.78, 5) is 19.4. The fraction of sp³-hybridized carbons (Fsp3) is 0.148. The Balaban J connectivity index is 1.67. The number of nitrogens with zero attached hydrogens (tertiary/aromatic N) is 3. The average Bonchev–Trinajstić information content (AvgIpc) is 3.36. The van der Waals surface area contributed by atoms with Crippen molar-refractivity contribution in [2.45, 2.75) is 19.9 Å². The minimum Gasteiger partial charge on any atom is -0.497 e. The van der Waals surface area contributed by atoms with Crippen LogP contribution in [-0.2, 0) is 0 Å². The summed E-state index contributed by atoms with van der Waals surface area (Å²) in [5.41, 5.74) is 3.62. The maximum Gasteiger partial charge on any atom is 0.327 e. The van der Waals surface area contributed by atoms with Crippen molar-refractivity contribution in [1.29, 1.82) is 0 Å². The van der Waals surface area contributed by atoms with E-state index in [-0.39, 0.29) is 5.89 Å². The molecule has 1 atom stereocenters. The maximum absolute atomic E-state index is 14.4. The number of urea groups is 1. The summed E-state index contributed by atoms with van der Waals surface area (Å²) in [5, 5.41) is 7.18. The van der Waals surface area contributed by atoms with Gasteiger partial charge in [-0.05, 0) is 49.2 Å². The van der Waals surface area contributed by atoms with E-state index in [1.165, 1.54) is 11.0 Å². The van der Waals surface area contributed by atoms with E-state index in [2.05, 4.69) is 15.5 Å². The van der Waals surface area contributed by atoms with Gasteiger partial charge in [0.2, 0.25) is 5.82 Å². The first-order chi connectivity index (χ1) is 17.0. The van der Waals surface area contributed by atoms with E-state index < -0.39 is 17.9 Å². The van der Waals surface area contributed by atoms with Gasteiger partial charge in [0.05, 0.1) is 24.4 Å². The fourth-order valence-corrected chi connectivity index (χ4v) is 4.16. The van der Waals surface area contributed by atoms with E-state index in [1.807, 2.05) is 54.6 Å². The molecule has 0 fully saturated rings. The second kappa shape index (κ2) is 9.06. The van der Waals surface area contributed by atoms with Crippen LogP contribution in [0, 0.1) is 12.7 Å². The topological polar surface area (TPSA) is 80.5 Å². The van der Waals surface area contributed by atoms with Crippen LogP contribution in [0.25, 0.3) is 17.0 Å². The molecule has 1 aromatic heterocycles. The Morgan fingerprint density at radius 2 is 1.83 bits per heavy atom. The van der Waals surface area contributed by atoms with Gasteiger partial charge in [-0.2, -0.15) is 4.98 Å². The Bertz CT molecular complexity index is 1430. The highest BCUT2D eigenvalue weighted by Crippen LogP contribution is 2.40. The summed E-state index contributed by atoms with van der Waals surface area (Å²) in [6.07, 6.45) is 0. The van der Waals surface area contributed by atoms with Crippen LogP contribution in [0.2, 0.25) is 0 Å². The zero-order valence-corrected chi connectivity index (χ0v) is 19.4. The Morgan fingerprint density at radius 3 is 2.57 bits per heavy atom. The largest absolute Gasteiger partial charge is 0.497 e. The van der Waals surface area contributed by atoms with Crippen LogP contribution < -0.4 is 15.0 Å². The third-order valence-corrected chi connectivity index (χ3v) is 6.01. The first-order valence-corrected chi connectivity index (χ1v) is 11.1. The predicted octanol–water partition coefficient (Wildman–Crippen LogP) is 5.89. The number of ether oxygens (including phenoxy) is 1. The van der Waals surface area contributed by atoms with Gasteiger partial charge in [-0.3, -0.25) is 4.90 Å². The lowest BCUT2D eigenvalue weighted by atomic mass is 9.94. The smallest absolute Gasteiger partial charge is 0.327 e. The molecular formula is C27H23FN4O3. The lowest BCUT2D eigenvalue weighted by Crippen LogP contribution is -2.46. The third kappa shape index (κ3) is 4.14. The summed E-state index contributed by atoms with van der Waals surface area (Å²) >= 11 is 0. The molecule has 35 heavy (non-hydrogen) atoms. The number of aryl methyl sites for hydroxylation is 1. The van der Waals surface area contributed by atoms with Crippen molar-refractivity contribution in [2.75, 3.05) is 12.0 Å². The first kappa shape index (κ1) is 22.3. The summed E-state index contributed by atoms with van der Waals surface area (Å²) < 4.78 is 25.5. The lowest BCUT2D eigenvalue weighted by Gasteiger charge is -2.35. The van der Waals surface area contributed by atoms with Crippen molar-refractivity contribution >= 4 is 17.3 Å². The van der Waals surface area contributed by atoms with Crippen LogP contribution in [0.5, 0.6) is 5.75 Å². The number of hydrogen-bond acceptors (Lipinski definition) is 5. The molecule has 7 nitrogen and oxygen atoms in total. The molecule has 0 spiro atoms. The van der Waals surface area contributed by atoms with Crippen molar-refractivity contribution in [3.8, 4) is 17.1 Å². The Kier molecular flexibility index (Phi) is 5.78. The summed E-state index contributed by atoms with van der Waals surface area (Å²) in [5.74, 6) is 0.929. The first-order valence-electron chi connectivity index (χ1n) is 11.1. The molecule has 2 heterocycles. The van der Waals surface area contributed by atoms with Gasteiger partial charge in [0.15, 0.2) is 0 Å². The van der Waals surface area contributed by atoms with E-state index in [0.29, 0.717) is 34.1 Å². The summed E-state index contributed by atoms with van der Waals surface area (Å²) in [7, 11) is 1.58. The molecule has 0 saturated heterocycles. The molecule has 1 unspecified atom stereocenters. The van der Waals surface area contributed by atoms with E-state index in [1.54, 1.807) is 33.1 Å².